The van der Waals surface area contributed by atoms with Gasteiger partial charge in [-0.1, -0.05) is 19.1 Å². The highest BCUT2D eigenvalue weighted by Crippen LogP contribution is 2.28. The molecule has 2 aromatic carbocycles. The van der Waals surface area contributed by atoms with E-state index >= 15 is 0 Å². The number of hydrogen-bond acceptors (Lipinski definition) is 4. The van der Waals surface area contributed by atoms with Crippen LogP contribution >= 0.6 is 0 Å². The van der Waals surface area contributed by atoms with Crippen LogP contribution < -0.4 is 10.1 Å². The van der Waals surface area contributed by atoms with E-state index in [1.54, 1.807) is 14.0 Å². The fourth-order valence-electron chi connectivity index (χ4n) is 3.61. The molecule has 1 heterocycles. The highest BCUT2D eigenvalue weighted by atomic mass is 16.5. The quantitative estimate of drug-likeness (QED) is 0.468. The predicted octanol–water partition coefficient (Wildman–Crippen LogP) is 5.24. The molecule has 6 heteroatoms. The number of hydrogen-bond donors (Lipinski definition) is 1. The first-order chi connectivity index (χ1) is 15.5. The molecule has 0 bridgehead atoms. The number of esters is 1. The van der Waals surface area contributed by atoms with Gasteiger partial charge in [0.15, 0.2) is 0 Å². The van der Waals surface area contributed by atoms with Gasteiger partial charge in [-0.25, -0.2) is 4.79 Å². The summed E-state index contributed by atoms with van der Waals surface area (Å²) in [5, 5.41) is 2.95. The number of methoxy groups -OCH3 is 1. The summed E-state index contributed by atoms with van der Waals surface area (Å²) in [5.74, 6) is 0.308. The van der Waals surface area contributed by atoms with Crippen LogP contribution in [0.25, 0.3) is 11.3 Å². The van der Waals surface area contributed by atoms with Crippen LogP contribution in [0.15, 0.2) is 54.6 Å². The Morgan fingerprint density at radius 2 is 1.69 bits per heavy atom. The van der Waals surface area contributed by atoms with Gasteiger partial charge in [0.2, 0.25) is 5.91 Å². The summed E-state index contributed by atoms with van der Waals surface area (Å²) in [4.78, 5) is 25.1. The summed E-state index contributed by atoms with van der Waals surface area (Å²) in [5.41, 5.74) is 5.07. The van der Waals surface area contributed by atoms with Crippen molar-refractivity contribution in [2.75, 3.05) is 19.0 Å². The van der Waals surface area contributed by atoms with Crippen molar-refractivity contribution in [1.29, 1.82) is 0 Å². The second-order valence-electron chi connectivity index (χ2n) is 7.48. The van der Waals surface area contributed by atoms with Crippen molar-refractivity contribution in [2.24, 2.45) is 0 Å². The minimum atomic E-state index is -0.362. The van der Waals surface area contributed by atoms with E-state index in [2.05, 4.69) is 12.2 Å². The van der Waals surface area contributed by atoms with Crippen LogP contribution in [-0.4, -0.2) is 30.2 Å². The third kappa shape index (κ3) is 5.38. The van der Waals surface area contributed by atoms with Crippen molar-refractivity contribution in [3.63, 3.8) is 0 Å². The van der Waals surface area contributed by atoms with Gasteiger partial charge in [-0.2, -0.15) is 0 Å². The number of benzene rings is 2. The van der Waals surface area contributed by atoms with Crippen molar-refractivity contribution in [2.45, 2.75) is 40.2 Å². The SMILES string of the molecule is CCOC(=O)c1cc(-c2ccc(OC)cc2)n(CCC(=O)Nc2ccc(CC)cc2)c1C. The lowest BCUT2D eigenvalue weighted by molar-refractivity contribution is -0.116. The maximum atomic E-state index is 12.6. The number of rotatable bonds is 9. The summed E-state index contributed by atoms with van der Waals surface area (Å²) in [6.45, 7) is 6.50. The van der Waals surface area contributed by atoms with Crippen molar-refractivity contribution < 1.29 is 19.1 Å². The normalized spacial score (nSPS) is 10.6. The summed E-state index contributed by atoms with van der Waals surface area (Å²) >= 11 is 0. The van der Waals surface area contributed by atoms with E-state index in [1.165, 1.54) is 5.56 Å². The number of aryl methyl sites for hydroxylation is 1. The molecule has 0 fully saturated rings. The smallest absolute Gasteiger partial charge is 0.339 e. The minimum absolute atomic E-state index is 0.0827. The lowest BCUT2D eigenvalue weighted by atomic mass is 10.1. The zero-order chi connectivity index (χ0) is 23.1. The van der Waals surface area contributed by atoms with E-state index in [9.17, 15) is 9.59 Å². The Kier molecular flexibility index (Phi) is 7.71. The Morgan fingerprint density at radius 1 is 1.00 bits per heavy atom. The Balaban J connectivity index is 1.82. The number of anilines is 1. The molecule has 32 heavy (non-hydrogen) atoms. The van der Waals surface area contributed by atoms with Gasteiger partial charge < -0.3 is 19.4 Å². The second kappa shape index (κ2) is 10.7. The standard InChI is InChI=1S/C26H30N2O4/c1-5-19-7-11-21(12-8-19)27-25(29)15-16-28-18(3)23(26(30)32-6-2)17-24(28)20-9-13-22(31-4)14-10-20/h7-14,17H,5-6,15-16H2,1-4H3,(H,27,29). The molecule has 6 nitrogen and oxygen atoms in total. The van der Waals surface area contributed by atoms with Crippen LogP contribution in [-0.2, 0) is 22.5 Å². The highest BCUT2D eigenvalue weighted by molar-refractivity contribution is 5.93. The van der Waals surface area contributed by atoms with Crippen LogP contribution in [0.4, 0.5) is 5.69 Å². The molecule has 0 aliphatic carbocycles. The van der Waals surface area contributed by atoms with Gasteiger partial charge in [0.25, 0.3) is 0 Å². The average Bonchev–Trinajstić information content (AvgIpc) is 3.14. The predicted molar refractivity (Wildman–Crippen MR) is 126 cm³/mol. The molecule has 3 aromatic rings. The molecule has 1 N–H and O–H groups in total. The summed E-state index contributed by atoms with van der Waals surface area (Å²) in [7, 11) is 1.62. The van der Waals surface area contributed by atoms with Crippen molar-refractivity contribution in [3.05, 3.63) is 71.4 Å². The summed E-state index contributed by atoms with van der Waals surface area (Å²) in [6, 6.07) is 17.3. The lowest BCUT2D eigenvalue weighted by Crippen LogP contribution is -2.16. The Bertz CT molecular complexity index is 1070. The fraction of sp³-hybridized carbons (Fsp3) is 0.308. The molecule has 0 saturated carbocycles. The van der Waals surface area contributed by atoms with Crippen molar-refractivity contribution >= 4 is 17.6 Å². The van der Waals surface area contributed by atoms with E-state index < -0.39 is 0 Å². The van der Waals surface area contributed by atoms with E-state index in [0.717, 1.165) is 34.8 Å². The monoisotopic (exact) mass is 434 g/mol. The first-order valence-electron chi connectivity index (χ1n) is 10.9. The van der Waals surface area contributed by atoms with Crippen molar-refractivity contribution in [3.8, 4) is 17.0 Å². The van der Waals surface area contributed by atoms with Gasteiger partial charge in [-0.15, -0.1) is 0 Å². The number of aromatic nitrogens is 1. The van der Waals surface area contributed by atoms with Gasteiger partial charge in [-0.05, 0) is 73.9 Å². The molecule has 0 radical (unpaired) electrons. The zero-order valence-corrected chi connectivity index (χ0v) is 19.1. The number of carbonyl (C=O) groups excluding carboxylic acids is 2. The van der Waals surface area contributed by atoms with Crippen LogP contribution in [0.5, 0.6) is 5.75 Å². The van der Waals surface area contributed by atoms with E-state index in [4.69, 9.17) is 9.47 Å². The fourth-order valence-corrected chi connectivity index (χ4v) is 3.61. The van der Waals surface area contributed by atoms with Gasteiger partial charge in [-0.3, -0.25) is 4.79 Å². The molecule has 0 atom stereocenters. The van der Waals surface area contributed by atoms with E-state index in [0.29, 0.717) is 18.7 Å². The molecule has 1 aromatic heterocycles. The maximum absolute atomic E-state index is 12.6. The molecule has 0 spiro atoms. The topological polar surface area (TPSA) is 69.6 Å². The van der Waals surface area contributed by atoms with Gasteiger partial charge >= 0.3 is 5.97 Å². The summed E-state index contributed by atoms with van der Waals surface area (Å²) in [6.07, 6.45) is 1.23. The zero-order valence-electron chi connectivity index (χ0n) is 19.1. The summed E-state index contributed by atoms with van der Waals surface area (Å²) < 4.78 is 12.5. The second-order valence-corrected chi connectivity index (χ2v) is 7.48. The molecular weight excluding hydrogens is 404 g/mol. The van der Waals surface area contributed by atoms with Gasteiger partial charge in [0, 0.05) is 30.0 Å². The molecular formula is C26H30N2O4. The molecule has 168 valence electrons. The van der Waals surface area contributed by atoms with Gasteiger partial charge in [0.05, 0.1) is 19.3 Å². The number of nitrogens with zero attached hydrogens (tertiary/aromatic N) is 1. The minimum Gasteiger partial charge on any atom is -0.497 e. The first-order valence-corrected chi connectivity index (χ1v) is 10.9. The molecule has 0 saturated heterocycles. The van der Waals surface area contributed by atoms with Crippen LogP contribution in [0.3, 0.4) is 0 Å². The van der Waals surface area contributed by atoms with Crippen LogP contribution in [0, 0.1) is 6.92 Å². The highest BCUT2D eigenvalue weighted by Gasteiger charge is 2.20. The number of nitrogens with one attached hydrogen (secondary N) is 1. The molecule has 1 amide bonds. The van der Waals surface area contributed by atoms with Crippen molar-refractivity contribution in [1.82, 2.24) is 4.57 Å². The van der Waals surface area contributed by atoms with Crippen LogP contribution in [0.1, 0.15) is 41.9 Å². The largest absolute Gasteiger partial charge is 0.497 e. The third-order valence-corrected chi connectivity index (χ3v) is 5.46. The third-order valence-electron chi connectivity index (χ3n) is 5.46. The molecule has 0 aliphatic rings. The molecule has 3 rings (SSSR count). The number of ether oxygens (including phenoxy) is 2. The van der Waals surface area contributed by atoms with E-state index in [-0.39, 0.29) is 18.3 Å². The maximum Gasteiger partial charge on any atom is 0.339 e. The lowest BCUT2D eigenvalue weighted by Gasteiger charge is -2.13. The Hall–Kier alpha value is -3.54. The number of amides is 1. The van der Waals surface area contributed by atoms with Gasteiger partial charge in [0.1, 0.15) is 5.75 Å². The Morgan fingerprint density at radius 3 is 2.28 bits per heavy atom. The first kappa shape index (κ1) is 23.1. The number of carbonyl (C=O) groups is 2. The van der Waals surface area contributed by atoms with Crippen LogP contribution in [0.2, 0.25) is 0 Å². The molecule has 0 unspecified atom stereocenters. The van der Waals surface area contributed by atoms with E-state index in [1.807, 2.05) is 66.1 Å². The molecule has 0 aliphatic heterocycles. The Labute approximate surface area is 189 Å². The average molecular weight is 435 g/mol.